The normalized spacial score (nSPS) is 16.7. The first-order valence-electron chi connectivity index (χ1n) is 8.13. The molecular weight excluding hydrogens is 322 g/mol. The highest BCUT2D eigenvalue weighted by Crippen LogP contribution is 2.36. The van der Waals surface area contributed by atoms with Crippen LogP contribution >= 0.6 is 11.3 Å². The van der Waals surface area contributed by atoms with Crippen LogP contribution in [-0.2, 0) is 13.0 Å². The molecule has 0 saturated carbocycles. The first kappa shape index (κ1) is 15.5. The van der Waals surface area contributed by atoms with E-state index in [1.54, 1.807) is 11.3 Å². The number of benzene rings is 1. The standard InChI is InChI=1S/C18H19N3O2S/c22-9-8-21(16-6-5-13-3-1-2-4-15(13)16)11-17-19-18(20-23-17)14-7-10-24-12-14/h1-4,7,10,12,16,22H,5-6,8-9,11H2. The van der Waals surface area contributed by atoms with Gasteiger partial charge in [-0.2, -0.15) is 16.3 Å². The second kappa shape index (κ2) is 6.84. The van der Waals surface area contributed by atoms with Crippen molar-refractivity contribution >= 4 is 11.3 Å². The van der Waals surface area contributed by atoms with Gasteiger partial charge in [0, 0.05) is 23.5 Å². The number of aromatic nitrogens is 2. The average Bonchev–Trinajstić information content (AvgIpc) is 3.34. The monoisotopic (exact) mass is 341 g/mol. The summed E-state index contributed by atoms with van der Waals surface area (Å²) in [4.78, 5) is 6.74. The molecule has 1 N–H and O–H groups in total. The van der Waals surface area contributed by atoms with E-state index >= 15 is 0 Å². The Kier molecular flexibility index (Phi) is 4.42. The molecular formula is C18H19N3O2S. The molecule has 0 aliphatic heterocycles. The van der Waals surface area contributed by atoms with Gasteiger partial charge in [-0.1, -0.05) is 29.4 Å². The van der Waals surface area contributed by atoms with E-state index in [9.17, 15) is 5.11 Å². The van der Waals surface area contributed by atoms with E-state index in [2.05, 4.69) is 39.3 Å². The average molecular weight is 341 g/mol. The third-order valence-electron chi connectivity index (χ3n) is 4.52. The van der Waals surface area contributed by atoms with Crippen LogP contribution < -0.4 is 0 Å². The Morgan fingerprint density at radius 1 is 1.29 bits per heavy atom. The van der Waals surface area contributed by atoms with Gasteiger partial charge in [-0.3, -0.25) is 4.90 Å². The number of aliphatic hydroxyl groups excluding tert-OH is 1. The fourth-order valence-corrected chi connectivity index (χ4v) is 4.02. The van der Waals surface area contributed by atoms with Gasteiger partial charge in [-0.15, -0.1) is 0 Å². The lowest BCUT2D eigenvalue weighted by Crippen LogP contribution is -2.30. The van der Waals surface area contributed by atoms with Crippen LogP contribution in [0.4, 0.5) is 0 Å². The molecule has 124 valence electrons. The highest BCUT2D eigenvalue weighted by atomic mass is 32.1. The molecule has 1 aromatic carbocycles. The second-order valence-electron chi connectivity index (χ2n) is 5.97. The molecule has 0 amide bonds. The van der Waals surface area contributed by atoms with Gasteiger partial charge < -0.3 is 9.63 Å². The van der Waals surface area contributed by atoms with E-state index in [0.29, 0.717) is 30.8 Å². The number of aliphatic hydroxyl groups is 1. The van der Waals surface area contributed by atoms with E-state index in [-0.39, 0.29) is 6.61 Å². The Labute approximate surface area is 144 Å². The summed E-state index contributed by atoms with van der Waals surface area (Å²) in [5, 5.41) is 17.6. The van der Waals surface area contributed by atoms with Crippen molar-refractivity contribution in [3.63, 3.8) is 0 Å². The quantitative estimate of drug-likeness (QED) is 0.745. The molecule has 1 atom stereocenters. The zero-order valence-corrected chi connectivity index (χ0v) is 14.1. The van der Waals surface area contributed by atoms with Gasteiger partial charge in [-0.25, -0.2) is 0 Å². The van der Waals surface area contributed by atoms with Crippen molar-refractivity contribution in [1.29, 1.82) is 0 Å². The molecule has 5 nitrogen and oxygen atoms in total. The molecule has 6 heteroatoms. The van der Waals surface area contributed by atoms with Crippen LogP contribution in [0.1, 0.15) is 29.5 Å². The Bertz CT molecular complexity index is 800. The Morgan fingerprint density at radius 2 is 2.21 bits per heavy atom. The van der Waals surface area contributed by atoms with Crippen molar-refractivity contribution in [2.24, 2.45) is 0 Å². The predicted octanol–water partition coefficient (Wildman–Crippen LogP) is 3.28. The van der Waals surface area contributed by atoms with Crippen LogP contribution in [0.2, 0.25) is 0 Å². The lowest BCUT2D eigenvalue weighted by molar-refractivity contribution is 0.128. The van der Waals surface area contributed by atoms with Gasteiger partial charge in [0.2, 0.25) is 11.7 Å². The fourth-order valence-electron chi connectivity index (χ4n) is 3.39. The highest BCUT2D eigenvalue weighted by molar-refractivity contribution is 7.08. The molecule has 3 aromatic rings. The zero-order valence-electron chi connectivity index (χ0n) is 13.3. The molecule has 2 heterocycles. The molecule has 4 rings (SSSR count). The molecule has 0 bridgehead atoms. The van der Waals surface area contributed by atoms with Gasteiger partial charge in [0.05, 0.1) is 13.2 Å². The lowest BCUT2D eigenvalue weighted by atomic mass is 10.1. The van der Waals surface area contributed by atoms with E-state index < -0.39 is 0 Å². The minimum atomic E-state index is 0.115. The van der Waals surface area contributed by atoms with Crippen LogP contribution in [0, 0.1) is 0 Å². The van der Waals surface area contributed by atoms with E-state index in [4.69, 9.17) is 4.52 Å². The van der Waals surface area contributed by atoms with Crippen LogP contribution in [0.15, 0.2) is 45.6 Å². The van der Waals surface area contributed by atoms with Crippen LogP contribution in [0.5, 0.6) is 0 Å². The Balaban J connectivity index is 1.54. The first-order valence-corrected chi connectivity index (χ1v) is 9.07. The largest absolute Gasteiger partial charge is 0.395 e. The smallest absolute Gasteiger partial charge is 0.241 e. The number of fused-ring (bicyclic) bond motifs is 1. The number of hydrogen-bond acceptors (Lipinski definition) is 6. The maximum Gasteiger partial charge on any atom is 0.241 e. The van der Waals surface area contributed by atoms with Gasteiger partial charge in [-0.05, 0) is 35.4 Å². The van der Waals surface area contributed by atoms with Crippen molar-refractivity contribution in [2.75, 3.05) is 13.2 Å². The highest BCUT2D eigenvalue weighted by Gasteiger charge is 2.28. The number of nitrogens with zero attached hydrogens (tertiary/aromatic N) is 3. The summed E-state index contributed by atoms with van der Waals surface area (Å²) < 4.78 is 5.43. The third kappa shape index (κ3) is 3.00. The maximum atomic E-state index is 9.47. The van der Waals surface area contributed by atoms with E-state index in [1.165, 1.54) is 11.1 Å². The molecule has 2 aromatic heterocycles. The Hall–Kier alpha value is -2.02. The molecule has 0 radical (unpaired) electrons. The number of hydrogen-bond donors (Lipinski definition) is 1. The molecule has 0 spiro atoms. The summed E-state index contributed by atoms with van der Waals surface area (Å²) in [6.07, 6.45) is 2.14. The van der Waals surface area contributed by atoms with Gasteiger partial charge in [0.25, 0.3) is 0 Å². The maximum absolute atomic E-state index is 9.47. The summed E-state index contributed by atoms with van der Waals surface area (Å²) in [5.41, 5.74) is 3.73. The summed E-state index contributed by atoms with van der Waals surface area (Å²) in [7, 11) is 0. The van der Waals surface area contributed by atoms with Gasteiger partial charge in [0.1, 0.15) is 0 Å². The lowest BCUT2D eigenvalue weighted by Gasteiger charge is -2.27. The summed E-state index contributed by atoms with van der Waals surface area (Å²) in [6.45, 7) is 1.26. The van der Waals surface area contributed by atoms with Crippen molar-refractivity contribution in [1.82, 2.24) is 15.0 Å². The van der Waals surface area contributed by atoms with Crippen molar-refractivity contribution in [3.8, 4) is 11.4 Å². The van der Waals surface area contributed by atoms with Crippen LogP contribution in [-0.4, -0.2) is 33.3 Å². The minimum absolute atomic E-state index is 0.115. The minimum Gasteiger partial charge on any atom is -0.395 e. The Morgan fingerprint density at radius 3 is 3.04 bits per heavy atom. The van der Waals surface area contributed by atoms with Crippen molar-refractivity contribution < 1.29 is 9.63 Å². The molecule has 24 heavy (non-hydrogen) atoms. The van der Waals surface area contributed by atoms with E-state index in [1.807, 2.05) is 16.8 Å². The van der Waals surface area contributed by atoms with Crippen molar-refractivity contribution in [3.05, 3.63) is 58.1 Å². The zero-order chi connectivity index (χ0) is 16.4. The van der Waals surface area contributed by atoms with E-state index in [0.717, 1.165) is 18.4 Å². The topological polar surface area (TPSA) is 62.4 Å². The fraction of sp³-hybridized carbons (Fsp3) is 0.333. The molecule has 1 aliphatic rings. The van der Waals surface area contributed by atoms with Crippen molar-refractivity contribution in [2.45, 2.75) is 25.4 Å². The summed E-state index contributed by atoms with van der Waals surface area (Å²) >= 11 is 1.61. The first-order chi connectivity index (χ1) is 11.8. The van der Waals surface area contributed by atoms with Crippen LogP contribution in [0.3, 0.4) is 0 Å². The molecule has 1 unspecified atom stereocenters. The molecule has 0 fully saturated rings. The summed E-state index contributed by atoms with van der Waals surface area (Å²) in [5.74, 6) is 1.22. The van der Waals surface area contributed by atoms with Crippen LogP contribution in [0.25, 0.3) is 11.4 Å². The predicted molar refractivity (Wildman–Crippen MR) is 92.6 cm³/mol. The number of rotatable bonds is 6. The molecule has 1 aliphatic carbocycles. The molecule has 0 saturated heterocycles. The van der Waals surface area contributed by atoms with Gasteiger partial charge >= 0.3 is 0 Å². The van der Waals surface area contributed by atoms with Gasteiger partial charge in [0.15, 0.2) is 0 Å². The SMILES string of the molecule is OCCN(Cc1nc(-c2ccsc2)no1)C1CCc2ccccc21. The number of thiophene rings is 1. The third-order valence-corrected chi connectivity index (χ3v) is 5.20. The number of aryl methyl sites for hydroxylation is 1. The second-order valence-corrected chi connectivity index (χ2v) is 6.75. The summed E-state index contributed by atoms with van der Waals surface area (Å²) in [6, 6.07) is 10.8.